The van der Waals surface area contributed by atoms with E-state index in [-0.39, 0.29) is 23.3 Å². The molecule has 6 nitrogen and oxygen atoms in total. The van der Waals surface area contributed by atoms with E-state index in [4.69, 9.17) is 11.6 Å². The Bertz CT molecular complexity index is 722. The third-order valence-electron chi connectivity index (χ3n) is 4.08. The lowest BCUT2D eigenvalue weighted by Gasteiger charge is -2.33. The van der Waals surface area contributed by atoms with Crippen molar-refractivity contribution in [2.45, 2.75) is 11.7 Å². The molecule has 134 valence electrons. The fourth-order valence-corrected chi connectivity index (χ4v) is 3.89. The van der Waals surface area contributed by atoms with Gasteiger partial charge in [0.1, 0.15) is 11.1 Å². The minimum absolute atomic E-state index is 0.0131. The Morgan fingerprint density at radius 2 is 2.12 bits per heavy atom. The molecule has 9 heteroatoms. The Balaban J connectivity index is 1.54. The number of hydrogen-bond acceptors (Lipinski definition) is 5. The zero-order valence-electron chi connectivity index (χ0n) is 13.7. The van der Waals surface area contributed by atoms with Crippen LogP contribution in [0, 0.1) is 5.82 Å². The lowest BCUT2D eigenvalue weighted by atomic mass is 10.2. The first-order chi connectivity index (χ1) is 11.9. The summed E-state index contributed by atoms with van der Waals surface area (Å²) in [7, 11) is 2.06. The number of aliphatic imine (C=N–C) groups is 1. The number of anilines is 1. The summed E-state index contributed by atoms with van der Waals surface area (Å²) in [6.07, 6.45) is 0.0131. The standard InChI is InChI=1S/C16H18ClFN4O2S/c1-21-4-6-22(7-5-21)16-20-15(24)13(25-16)9-14(23)19-10-2-3-12(18)11(17)8-10/h2-3,8,13H,4-7,9H2,1H3,(H,19,23)/t13-/m0/s1. The monoisotopic (exact) mass is 384 g/mol. The lowest BCUT2D eigenvalue weighted by molar-refractivity contribution is -0.121. The Kier molecular flexibility index (Phi) is 5.61. The van der Waals surface area contributed by atoms with Crippen LogP contribution in [-0.4, -0.2) is 65.3 Å². The summed E-state index contributed by atoms with van der Waals surface area (Å²) >= 11 is 7.03. The SMILES string of the molecule is CN1CCN(C2=NC(=O)[C@H](CC(=O)Nc3ccc(F)c(Cl)c3)S2)CC1. The molecule has 1 atom stereocenters. The molecule has 0 spiro atoms. The number of hydrogen-bond donors (Lipinski definition) is 1. The average Bonchev–Trinajstić information content (AvgIpc) is 2.92. The first-order valence-electron chi connectivity index (χ1n) is 7.90. The van der Waals surface area contributed by atoms with Crippen molar-refractivity contribution in [3.63, 3.8) is 0 Å². The summed E-state index contributed by atoms with van der Waals surface area (Å²) in [5, 5.41) is 2.74. The van der Waals surface area contributed by atoms with Crippen LogP contribution in [0.4, 0.5) is 10.1 Å². The topological polar surface area (TPSA) is 65.0 Å². The predicted molar refractivity (Wildman–Crippen MR) is 97.5 cm³/mol. The van der Waals surface area contributed by atoms with Crippen LogP contribution >= 0.6 is 23.4 Å². The Morgan fingerprint density at radius 1 is 1.40 bits per heavy atom. The van der Waals surface area contributed by atoms with Crippen molar-refractivity contribution in [3.8, 4) is 0 Å². The van der Waals surface area contributed by atoms with E-state index >= 15 is 0 Å². The second-order valence-corrected chi connectivity index (χ2v) is 7.59. The van der Waals surface area contributed by atoms with Crippen LogP contribution in [0.25, 0.3) is 0 Å². The van der Waals surface area contributed by atoms with Crippen molar-refractivity contribution in [1.82, 2.24) is 9.80 Å². The van der Waals surface area contributed by atoms with E-state index < -0.39 is 11.1 Å². The molecule has 0 radical (unpaired) electrons. The Morgan fingerprint density at radius 3 is 2.80 bits per heavy atom. The number of likely N-dealkylation sites (N-methyl/N-ethyl adjacent to an activating group) is 1. The normalized spacial score (nSPS) is 21.4. The van der Waals surface area contributed by atoms with E-state index in [0.29, 0.717) is 10.9 Å². The molecule has 2 aliphatic heterocycles. The summed E-state index contributed by atoms with van der Waals surface area (Å²) in [5.74, 6) is -1.17. The third-order valence-corrected chi connectivity index (χ3v) is 5.58. The zero-order valence-corrected chi connectivity index (χ0v) is 15.2. The number of halogens is 2. The molecule has 0 aromatic heterocycles. The molecule has 1 aromatic carbocycles. The summed E-state index contributed by atoms with van der Waals surface area (Å²) < 4.78 is 13.1. The van der Waals surface area contributed by atoms with Gasteiger partial charge in [-0.2, -0.15) is 4.99 Å². The highest BCUT2D eigenvalue weighted by molar-refractivity contribution is 8.15. The van der Waals surface area contributed by atoms with Gasteiger partial charge in [0, 0.05) is 38.3 Å². The minimum atomic E-state index is -0.550. The summed E-state index contributed by atoms with van der Waals surface area (Å²) in [5.41, 5.74) is 0.395. The number of piperazine rings is 1. The van der Waals surface area contributed by atoms with E-state index in [9.17, 15) is 14.0 Å². The zero-order chi connectivity index (χ0) is 18.0. The molecular formula is C16H18ClFN4O2S. The van der Waals surface area contributed by atoms with Gasteiger partial charge in [-0.05, 0) is 25.2 Å². The molecule has 3 rings (SSSR count). The molecule has 2 heterocycles. The van der Waals surface area contributed by atoms with Gasteiger partial charge in [0.05, 0.1) is 5.02 Å². The van der Waals surface area contributed by atoms with Crippen molar-refractivity contribution in [1.29, 1.82) is 0 Å². The van der Waals surface area contributed by atoms with Gasteiger partial charge in [0.15, 0.2) is 5.17 Å². The largest absolute Gasteiger partial charge is 0.349 e. The minimum Gasteiger partial charge on any atom is -0.349 e. The highest BCUT2D eigenvalue weighted by atomic mass is 35.5. The molecule has 0 bridgehead atoms. The molecule has 1 fully saturated rings. The van der Waals surface area contributed by atoms with Crippen LogP contribution in [0.5, 0.6) is 0 Å². The molecule has 0 aliphatic carbocycles. The summed E-state index contributed by atoms with van der Waals surface area (Å²) in [4.78, 5) is 32.6. The van der Waals surface area contributed by atoms with E-state index in [2.05, 4.69) is 27.2 Å². The lowest BCUT2D eigenvalue weighted by Crippen LogP contribution is -2.46. The number of amides is 2. The predicted octanol–water partition coefficient (Wildman–Crippen LogP) is 2.05. The number of carbonyl (C=O) groups is 2. The second-order valence-electron chi connectivity index (χ2n) is 6.01. The number of nitrogens with one attached hydrogen (secondary N) is 1. The van der Waals surface area contributed by atoms with E-state index in [1.165, 1.54) is 30.0 Å². The maximum atomic E-state index is 13.1. The molecule has 0 saturated carbocycles. The van der Waals surface area contributed by atoms with Crippen molar-refractivity contribution >= 4 is 46.0 Å². The average molecular weight is 385 g/mol. The van der Waals surface area contributed by atoms with Gasteiger partial charge < -0.3 is 15.1 Å². The van der Waals surface area contributed by atoms with E-state index in [1.807, 2.05) is 0 Å². The molecule has 2 amide bonds. The van der Waals surface area contributed by atoms with Gasteiger partial charge >= 0.3 is 0 Å². The van der Waals surface area contributed by atoms with Crippen molar-refractivity contribution in [3.05, 3.63) is 29.0 Å². The van der Waals surface area contributed by atoms with E-state index in [1.54, 1.807) is 0 Å². The van der Waals surface area contributed by atoms with Crippen molar-refractivity contribution < 1.29 is 14.0 Å². The third kappa shape index (κ3) is 4.50. The number of thioether (sulfide) groups is 1. The van der Waals surface area contributed by atoms with Gasteiger partial charge in [-0.1, -0.05) is 23.4 Å². The highest BCUT2D eigenvalue weighted by Gasteiger charge is 2.33. The van der Waals surface area contributed by atoms with Crippen LogP contribution in [-0.2, 0) is 9.59 Å². The summed E-state index contributed by atoms with van der Waals surface area (Å²) in [6, 6.07) is 3.95. The molecule has 1 saturated heterocycles. The number of amidine groups is 1. The van der Waals surface area contributed by atoms with Crippen LogP contribution < -0.4 is 5.32 Å². The van der Waals surface area contributed by atoms with Gasteiger partial charge in [0.2, 0.25) is 5.91 Å². The van der Waals surface area contributed by atoms with Gasteiger partial charge in [0.25, 0.3) is 5.91 Å². The van der Waals surface area contributed by atoms with Gasteiger partial charge in [-0.25, -0.2) is 4.39 Å². The molecule has 0 unspecified atom stereocenters. The number of carbonyl (C=O) groups excluding carboxylic acids is 2. The molecular weight excluding hydrogens is 367 g/mol. The quantitative estimate of drug-likeness (QED) is 0.864. The van der Waals surface area contributed by atoms with E-state index in [0.717, 1.165) is 26.2 Å². The Labute approximate surface area is 154 Å². The Hall–Kier alpha value is -1.64. The number of rotatable bonds is 3. The molecule has 1 aromatic rings. The summed E-state index contributed by atoms with van der Waals surface area (Å²) in [6.45, 7) is 3.49. The maximum Gasteiger partial charge on any atom is 0.262 e. The van der Waals surface area contributed by atoms with Crippen LogP contribution in [0.2, 0.25) is 5.02 Å². The van der Waals surface area contributed by atoms with Gasteiger partial charge in [-0.3, -0.25) is 9.59 Å². The fraction of sp³-hybridized carbons (Fsp3) is 0.438. The van der Waals surface area contributed by atoms with Gasteiger partial charge in [-0.15, -0.1) is 0 Å². The van der Waals surface area contributed by atoms with Crippen LogP contribution in [0.3, 0.4) is 0 Å². The van der Waals surface area contributed by atoms with Crippen LogP contribution in [0.1, 0.15) is 6.42 Å². The molecule has 25 heavy (non-hydrogen) atoms. The highest BCUT2D eigenvalue weighted by Crippen LogP contribution is 2.28. The molecule has 2 aliphatic rings. The first kappa shape index (κ1) is 18.2. The fourth-order valence-electron chi connectivity index (χ4n) is 2.60. The second kappa shape index (κ2) is 7.72. The number of nitrogens with zero attached hydrogens (tertiary/aromatic N) is 3. The maximum absolute atomic E-state index is 13.1. The number of benzene rings is 1. The first-order valence-corrected chi connectivity index (χ1v) is 9.16. The van der Waals surface area contributed by atoms with Crippen molar-refractivity contribution in [2.75, 3.05) is 38.5 Å². The smallest absolute Gasteiger partial charge is 0.262 e. The van der Waals surface area contributed by atoms with Crippen LogP contribution in [0.15, 0.2) is 23.2 Å². The molecule has 1 N–H and O–H groups in total. The van der Waals surface area contributed by atoms with Crippen molar-refractivity contribution in [2.24, 2.45) is 4.99 Å².